The van der Waals surface area contributed by atoms with Crippen LogP contribution in [0.1, 0.15) is 34.8 Å². The van der Waals surface area contributed by atoms with Crippen molar-refractivity contribution in [3.8, 4) is 5.69 Å². The second kappa shape index (κ2) is 5.17. The van der Waals surface area contributed by atoms with Crippen molar-refractivity contribution in [2.75, 3.05) is 0 Å². The third kappa shape index (κ3) is 2.35. The topological polar surface area (TPSA) is 34.9 Å². The monoisotopic (exact) mass is 278 g/mol. The summed E-state index contributed by atoms with van der Waals surface area (Å²) in [5, 5.41) is 0. The second-order valence-corrected chi connectivity index (χ2v) is 5.37. The molecule has 3 nitrogen and oxygen atoms in total. The molecule has 0 unspecified atom stereocenters. The van der Waals surface area contributed by atoms with Crippen molar-refractivity contribution in [3.05, 3.63) is 59.4 Å². The van der Waals surface area contributed by atoms with Crippen molar-refractivity contribution in [2.45, 2.75) is 27.2 Å². The molecule has 0 saturated heterocycles. The number of Topliss-reactive ketones (excluding diaryl/α,β-unsaturated/α-hetero) is 1. The molecule has 0 radical (unpaired) electrons. The summed E-state index contributed by atoms with van der Waals surface area (Å²) in [7, 11) is 0. The lowest BCUT2D eigenvalue weighted by molar-refractivity contribution is 0.0988. The minimum atomic E-state index is 0.160. The number of ketones is 1. The van der Waals surface area contributed by atoms with Gasteiger partial charge < -0.3 is 0 Å². The number of imidazole rings is 1. The zero-order chi connectivity index (χ0) is 15.0. The smallest absolute Gasteiger partial charge is 0.162 e. The Morgan fingerprint density at radius 2 is 1.90 bits per heavy atom. The van der Waals surface area contributed by atoms with Gasteiger partial charge >= 0.3 is 0 Å². The lowest BCUT2D eigenvalue weighted by Crippen LogP contribution is -1.99. The highest BCUT2D eigenvalue weighted by Gasteiger charge is 2.09. The maximum Gasteiger partial charge on any atom is 0.162 e. The predicted molar refractivity (Wildman–Crippen MR) is 85.2 cm³/mol. The largest absolute Gasteiger partial charge is 0.299 e. The van der Waals surface area contributed by atoms with Crippen molar-refractivity contribution in [3.63, 3.8) is 0 Å². The van der Waals surface area contributed by atoms with E-state index in [2.05, 4.69) is 31.0 Å². The molecule has 0 aliphatic heterocycles. The zero-order valence-electron chi connectivity index (χ0n) is 12.6. The van der Waals surface area contributed by atoms with E-state index in [1.807, 2.05) is 42.1 Å². The van der Waals surface area contributed by atoms with E-state index < -0.39 is 0 Å². The molecule has 0 aliphatic rings. The molecule has 0 aliphatic carbocycles. The van der Waals surface area contributed by atoms with Crippen LogP contribution in [0, 0.1) is 13.8 Å². The van der Waals surface area contributed by atoms with Gasteiger partial charge in [-0.15, -0.1) is 0 Å². The number of aromatic nitrogens is 2. The number of benzene rings is 2. The second-order valence-electron chi connectivity index (χ2n) is 5.37. The van der Waals surface area contributed by atoms with Crippen LogP contribution in [0.25, 0.3) is 16.7 Å². The Morgan fingerprint density at radius 3 is 2.67 bits per heavy atom. The summed E-state index contributed by atoms with van der Waals surface area (Å²) < 4.78 is 2.04. The molecule has 1 aromatic heterocycles. The fourth-order valence-corrected chi connectivity index (χ4v) is 2.50. The normalized spacial score (nSPS) is 11.0. The van der Waals surface area contributed by atoms with Gasteiger partial charge in [0.2, 0.25) is 0 Å². The first-order valence-corrected chi connectivity index (χ1v) is 7.18. The number of fused-ring (bicyclic) bond motifs is 1. The van der Waals surface area contributed by atoms with Gasteiger partial charge in [0.15, 0.2) is 5.78 Å². The summed E-state index contributed by atoms with van der Waals surface area (Å²) in [6, 6.07) is 12.0. The van der Waals surface area contributed by atoms with E-state index in [9.17, 15) is 4.79 Å². The van der Waals surface area contributed by atoms with Gasteiger partial charge in [-0.3, -0.25) is 9.36 Å². The molecule has 0 N–H and O–H groups in total. The lowest BCUT2D eigenvalue weighted by Gasteiger charge is -2.07. The molecule has 3 aromatic rings. The van der Waals surface area contributed by atoms with Crippen LogP contribution >= 0.6 is 0 Å². The van der Waals surface area contributed by atoms with Crippen molar-refractivity contribution in [1.82, 2.24) is 9.55 Å². The van der Waals surface area contributed by atoms with Crippen LogP contribution < -0.4 is 0 Å². The number of aryl methyl sites for hydroxylation is 2. The first-order valence-electron chi connectivity index (χ1n) is 7.18. The lowest BCUT2D eigenvalue weighted by atomic mass is 10.1. The number of nitrogens with zero attached hydrogens (tertiary/aromatic N) is 2. The van der Waals surface area contributed by atoms with Crippen LogP contribution in [0.15, 0.2) is 42.7 Å². The average molecular weight is 278 g/mol. The molecule has 0 atom stereocenters. The molecule has 2 aromatic carbocycles. The Labute approximate surface area is 124 Å². The van der Waals surface area contributed by atoms with E-state index in [0.29, 0.717) is 6.42 Å². The number of hydrogen-bond donors (Lipinski definition) is 0. The van der Waals surface area contributed by atoms with E-state index in [-0.39, 0.29) is 5.78 Å². The fourth-order valence-electron chi connectivity index (χ4n) is 2.50. The minimum absolute atomic E-state index is 0.160. The van der Waals surface area contributed by atoms with E-state index in [0.717, 1.165) is 22.3 Å². The molecule has 0 bridgehead atoms. The summed E-state index contributed by atoms with van der Waals surface area (Å²) >= 11 is 0. The van der Waals surface area contributed by atoms with Crippen molar-refractivity contribution in [1.29, 1.82) is 0 Å². The molecule has 3 rings (SSSR count). The van der Waals surface area contributed by atoms with Gasteiger partial charge in [-0.25, -0.2) is 4.98 Å². The molecule has 1 heterocycles. The van der Waals surface area contributed by atoms with E-state index in [1.54, 1.807) is 0 Å². The molecular formula is C18H18N2O. The summed E-state index contributed by atoms with van der Waals surface area (Å²) in [5.41, 5.74) is 6.25. The third-order valence-corrected chi connectivity index (χ3v) is 3.93. The van der Waals surface area contributed by atoms with Gasteiger partial charge in [0.25, 0.3) is 0 Å². The van der Waals surface area contributed by atoms with Gasteiger partial charge in [0, 0.05) is 17.7 Å². The molecule has 21 heavy (non-hydrogen) atoms. The van der Waals surface area contributed by atoms with Gasteiger partial charge in [-0.2, -0.15) is 0 Å². The maximum absolute atomic E-state index is 11.9. The highest BCUT2D eigenvalue weighted by Crippen LogP contribution is 2.22. The number of carbonyl (C=O) groups is 1. The molecule has 3 heteroatoms. The molecule has 0 amide bonds. The van der Waals surface area contributed by atoms with E-state index >= 15 is 0 Å². The average Bonchev–Trinajstić information content (AvgIpc) is 2.90. The standard InChI is InChI=1S/C18H18N2O/c1-4-18(21)14-6-5-7-15(10-14)20-11-19-16-8-12(2)13(3)9-17(16)20/h5-11H,4H2,1-3H3. The first kappa shape index (κ1) is 13.6. The van der Waals surface area contributed by atoms with E-state index in [1.165, 1.54) is 11.1 Å². The summed E-state index contributed by atoms with van der Waals surface area (Å²) in [4.78, 5) is 16.3. The van der Waals surface area contributed by atoms with Crippen LogP contribution in [-0.2, 0) is 0 Å². The Balaban J connectivity index is 2.17. The van der Waals surface area contributed by atoms with Crippen LogP contribution in [0.4, 0.5) is 0 Å². The van der Waals surface area contributed by atoms with Gasteiger partial charge in [-0.05, 0) is 49.2 Å². The Bertz CT molecular complexity index is 830. The predicted octanol–water partition coefficient (Wildman–Crippen LogP) is 4.24. The molecular weight excluding hydrogens is 260 g/mol. The number of rotatable bonds is 3. The van der Waals surface area contributed by atoms with Gasteiger partial charge in [0.05, 0.1) is 11.0 Å². The summed E-state index contributed by atoms with van der Waals surface area (Å²) in [6.45, 7) is 6.07. The molecule has 106 valence electrons. The Kier molecular flexibility index (Phi) is 3.34. The van der Waals surface area contributed by atoms with E-state index in [4.69, 9.17) is 0 Å². The van der Waals surface area contributed by atoms with Crippen LogP contribution in [-0.4, -0.2) is 15.3 Å². The number of hydrogen-bond acceptors (Lipinski definition) is 2. The molecule has 0 spiro atoms. The number of carbonyl (C=O) groups excluding carboxylic acids is 1. The van der Waals surface area contributed by atoms with Crippen molar-refractivity contribution < 1.29 is 4.79 Å². The SMILES string of the molecule is CCC(=O)c1cccc(-n2cnc3cc(C)c(C)cc32)c1. The molecule has 0 saturated carbocycles. The van der Waals surface area contributed by atoms with Crippen LogP contribution in [0.5, 0.6) is 0 Å². The Morgan fingerprint density at radius 1 is 1.14 bits per heavy atom. The molecule has 0 fully saturated rings. The minimum Gasteiger partial charge on any atom is -0.299 e. The van der Waals surface area contributed by atoms with Gasteiger partial charge in [0.1, 0.15) is 6.33 Å². The fraction of sp³-hybridized carbons (Fsp3) is 0.222. The highest BCUT2D eigenvalue weighted by molar-refractivity contribution is 5.96. The maximum atomic E-state index is 11.9. The first-order chi connectivity index (χ1) is 10.1. The van der Waals surface area contributed by atoms with Crippen molar-refractivity contribution >= 4 is 16.8 Å². The van der Waals surface area contributed by atoms with Gasteiger partial charge in [-0.1, -0.05) is 19.1 Å². The third-order valence-electron chi connectivity index (χ3n) is 3.93. The quantitative estimate of drug-likeness (QED) is 0.672. The summed E-state index contributed by atoms with van der Waals surface area (Å²) in [5.74, 6) is 0.160. The van der Waals surface area contributed by atoms with Crippen LogP contribution in [0.2, 0.25) is 0 Å². The van der Waals surface area contributed by atoms with Crippen molar-refractivity contribution in [2.24, 2.45) is 0 Å². The zero-order valence-corrected chi connectivity index (χ0v) is 12.6. The van der Waals surface area contributed by atoms with Crippen LogP contribution in [0.3, 0.4) is 0 Å². The summed E-state index contributed by atoms with van der Waals surface area (Å²) in [6.07, 6.45) is 2.34. The highest BCUT2D eigenvalue weighted by atomic mass is 16.1. The Hall–Kier alpha value is -2.42.